The number of aliphatic hydroxyl groups is 1. The van der Waals surface area contributed by atoms with Gasteiger partial charge in [0, 0.05) is 30.5 Å². The molecule has 3 aliphatic rings. The van der Waals surface area contributed by atoms with Gasteiger partial charge in [-0.05, 0) is 90.0 Å². The van der Waals surface area contributed by atoms with Crippen molar-refractivity contribution in [1.29, 1.82) is 0 Å². The zero-order valence-electron chi connectivity index (χ0n) is 34.2. The Morgan fingerprint density at radius 2 is 1.37 bits per heavy atom. The van der Waals surface area contributed by atoms with Crippen molar-refractivity contribution >= 4 is 22.7 Å². The first kappa shape index (κ1) is 39.8. The van der Waals surface area contributed by atoms with E-state index in [1.54, 1.807) is 16.0 Å². The summed E-state index contributed by atoms with van der Waals surface area (Å²) < 4.78 is 5.63. The van der Waals surface area contributed by atoms with Crippen molar-refractivity contribution in [3.05, 3.63) is 56.5 Å². The number of thiophene rings is 2. The summed E-state index contributed by atoms with van der Waals surface area (Å²) in [6, 6.07) is 10.0. The Hall–Kier alpha value is -1.86. The van der Waals surface area contributed by atoms with Gasteiger partial charge in [0.1, 0.15) is 6.79 Å². The number of nitrogens with zero attached hydrogens (tertiary/aromatic N) is 2. The van der Waals surface area contributed by atoms with Crippen LogP contribution in [0, 0.1) is 11.8 Å². The lowest BCUT2D eigenvalue weighted by atomic mass is 9.65. The van der Waals surface area contributed by atoms with Crippen LogP contribution in [0.25, 0.3) is 20.2 Å². The molecule has 2 aromatic heterocycles. The number of hydrogen-bond acceptors (Lipinski definition) is 6. The average molecular weight is 745 g/mol. The molecule has 2 unspecified atom stereocenters. The minimum atomic E-state index is -0.429. The number of benzene rings is 1. The van der Waals surface area contributed by atoms with Crippen LogP contribution in [0.2, 0.25) is 0 Å². The van der Waals surface area contributed by atoms with E-state index in [9.17, 15) is 5.11 Å². The number of hydrogen-bond donors (Lipinski definition) is 1. The van der Waals surface area contributed by atoms with Gasteiger partial charge in [-0.25, -0.2) is 0 Å². The summed E-state index contributed by atoms with van der Waals surface area (Å²) >= 11 is 4.11. The largest absolute Gasteiger partial charge is 0.371 e. The van der Waals surface area contributed by atoms with Crippen LogP contribution < -0.4 is 10.7 Å². The molecule has 6 rings (SSSR count). The summed E-state index contributed by atoms with van der Waals surface area (Å²) in [7, 11) is 0. The van der Waals surface area contributed by atoms with E-state index in [4.69, 9.17) is 14.7 Å². The van der Waals surface area contributed by atoms with Gasteiger partial charge >= 0.3 is 0 Å². The predicted octanol–water partition coefficient (Wildman–Crippen LogP) is 12.4. The van der Waals surface area contributed by atoms with E-state index < -0.39 is 5.66 Å². The minimum absolute atomic E-state index is 0.0345. The molecular formula is C46H68N2O2S2. The first-order valence-electron chi connectivity index (χ1n) is 20.9. The van der Waals surface area contributed by atoms with Crippen molar-refractivity contribution in [1.82, 2.24) is 0 Å². The predicted molar refractivity (Wildman–Crippen MR) is 223 cm³/mol. The summed E-state index contributed by atoms with van der Waals surface area (Å²) in [4.78, 5) is 17.1. The molecule has 4 nitrogen and oxygen atoms in total. The molecule has 0 amide bonds. The summed E-state index contributed by atoms with van der Waals surface area (Å²) in [6.45, 7) is 23.5. The van der Waals surface area contributed by atoms with Crippen LogP contribution in [0.5, 0.6) is 0 Å². The fourth-order valence-electron chi connectivity index (χ4n) is 9.47. The Bertz CT molecular complexity index is 1790. The summed E-state index contributed by atoms with van der Waals surface area (Å²) in [5.41, 5.74) is 5.51. The maximum Gasteiger partial charge on any atom is 0.151 e. The van der Waals surface area contributed by atoms with Gasteiger partial charge in [0.05, 0.1) is 16.8 Å². The van der Waals surface area contributed by atoms with Gasteiger partial charge in [-0.1, -0.05) is 133 Å². The van der Waals surface area contributed by atoms with E-state index in [1.807, 2.05) is 11.3 Å². The Morgan fingerprint density at radius 3 is 1.90 bits per heavy atom. The van der Waals surface area contributed by atoms with Crippen molar-refractivity contribution in [2.45, 2.75) is 187 Å². The van der Waals surface area contributed by atoms with Gasteiger partial charge in [0.2, 0.25) is 0 Å². The summed E-state index contributed by atoms with van der Waals surface area (Å²) in [5.74, 6) is 1.44. The molecule has 1 N–H and O–H groups in total. The lowest BCUT2D eigenvalue weighted by molar-refractivity contribution is -0.0685. The highest BCUT2D eigenvalue weighted by Crippen LogP contribution is 2.62. The average Bonchev–Trinajstić information content (AvgIpc) is 3.87. The van der Waals surface area contributed by atoms with Crippen molar-refractivity contribution in [2.75, 3.05) is 6.79 Å². The van der Waals surface area contributed by atoms with Crippen molar-refractivity contribution in [3.8, 4) is 20.2 Å². The van der Waals surface area contributed by atoms with Crippen LogP contribution in [0.1, 0.15) is 181 Å². The fraction of sp³-hybridized carbons (Fsp3) is 0.696. The molecule has 286 valence electrons. The van der Waals surface area contributed by atoms with Crippen LogP contribution in [0.15, 0.2) is 34.3 Å². The fourth-order valence-corrected chi connectivity index (χ4v) is 12.2. The smallest absolute Gasteiger partial charge is 0.151 e. The third-order valence-corrected chi connectivity index (χ3v) is 15.6. The number of aliphatic hydroxyl groups excluding tert-OH is 1. The summed E-state index contributed by atoms with van der Waals surface area (Å²) in [5, 5.41) is 11.6. The zero-order valence-corrected chi connectivity index (χ0v) is 35.8. The topological polar surface area (TPSA) is 54.2 Å². The second-order valence-corrected chi connectivity index (χ2v) is 20.7. The minimum Gasteiger partial charge on any atom is -0.371 e. The Kier molecular flexibility index (Phi) is 12.0. The monoisotopic (exact) mass is 744 g/mol. The maximum atomic E-state index is 9.43. The first-order chi connectivity index (χ1) is 24.7. The van der Waals surface area contributed by atoms with Crippen molar-refractivity contribution in [2.24, 2.45) is 21.8 Å². The van der Waals surface area contributed by atoms with Gasteiger partial charge in [-0.2, -0.15) is 0 Å². The summed E-state index contributed by atoms with van der Waals surface area (Å²) in [6.07, 6.45) is 16.4. The van der Waals surface area contributed by atoms with E-state index >= 15 is 0 Å². The van der Waals surface area contributed by atoms with Gasteiger partial charge in [-0.3, -0.25) is 9.98 Å². The molecule has 3 heterocycles. The van der Waals surface area contributed by atoms with E-state index in [0.717, 1.165) is 48.2 Å². The number of rotatable bonds is 15. The number of ether oxygens (including phenoxy) is 1. The van der Waals surface area contributed by atoms with E-state index in [-0.39, 0.29) is 29.1 Å². The van der Waals surface area contributed by atoms with Crippen LogP contribution in [0.4, 0.5) is 0 Å². The molecule has 0 saturated heterocycles. The lowest BCUT2D eigenvalue weighted by Crippen LogP contribution is -2.34. The molecule has 0 radical (unpaired) electrons. The molecule has 2 aliphatic carbocycles. The molecule has 1 aromatic carbocycles. The molecule has 1 aliphatic heterocycles. The number of unbranched alkanes of at least 4 members (excludes halogenated alkanes) is 2. The van der Waals surface area contributed by atoms with Crippen LogP contribution in [-0.2, 0) is 21.0 Å². The normalized spacial score (nSPS) is 23.6. The highest BCUT2D eigenvalue weighted by atomic mass is 32.1. The van der Waals surface area contributed by atoms with Gasteiger partial charge in [0.15, 0.2) is 5.66 Å². The SMILES string of the molecule is CCCCC(CC)CC1(CC(CC)CCCC)c2cc(-c3ccc(C(C)(C)C)c4c3=NC3(CCC(OCO)CC3)N=4)sc2-c2sc(C(C)(C)C)cc21. The first-order valence-corrected chi connectivity index (χ1v) is 22.5. The Labute approximate surface area is 323 Å². The Balaban J connectivity index is 1.55. The number of fused-ring (bicyclic) bond motifs is 4. The molecule has 1 saturated carbocycles. The Morgan fingerprint density at radius 1 is 0.788 bits per heavy atom. The van der Waals surface area contributed by atoms with E-state index in [1.165, 1.54) is 90.0 Å². The molecule has 0 bridgehead atoms. The highest BCUT2D eigenvalue weighted by molar-refractivity contribution is 7.24. The third kappa shape index (κ3) is 7.66. The van der Waals surface area contributed by atoms with Gasteiger partial charge < -0.3 is 9.84 Å². The second kappa shape index (κ2) is 15.7. The standard InChI is InChI=1S/C46H68N2O2S2/c1-11-15-17-30(13-3)27-45(28-31(14-4)18-16-12-2)35-25-37(51-41(35)42-36(45)26-38(52-42)44(8,9)10)33-19-20-34(43(5,6)7)40-39(33)47-46(48-40)23-21-32(22-24-46)50-29-49/h19-20,25-26,30-32,49H,11-18,21-24,27-29H2,1-10H3. The third-order valence-electron chi connectivity index (χ3n) is 12.7. The highest BCUT2D eigenvalue weighted by Gasteiger charge is 2.49. The maximum absolute atomic E-state index is 9.43. The van der Waals surface area contributed by atoms with E-state index in [0.29, 0.717) is 0 Å². The van der Waals surface area contributed by atoms with Crippen LogP contribution in [0.3, 0.4) is 0 Å². The zero-order chi connectivity index (χ0) is 37.5. The van der Waals surface area contributed by atoms with Crippen LogP contribution >= 0.6 is 22.7 Å². The van der Waals surface area contributed by atoms with Gasteiger partial charge in [0.25, 0.3) is 0 Å². The molecule has 1 spiro atoms. The molecule has 6 heteroatoms. The molecule has 1 fully saturated rings. The molecular weight excluding hydrogens is 677 g/mol. The second-order valence-electron chi connectivity index (χ2n) is 18.6. The van der Waals surface area contributed by atoms with Crippen LogP contribution in [-0.4, -0.2) is 23.7 Å². The van der Waals surface area contributed by atoms with E-state index in [2.05, 4.69) is 105 Å². The molecule has 3 aromatic rings. The molecule has 52 heavy (non-hydrogen) atoms. The van der Waals surface area contributed by atoms with Gasteiger partial charge in [-0.15, -0.1) is 22.7 Å². The van der Waals surface area contributed by atoms with Crippen molar-refractivity contribution in [3.63, 3.8) is 0 Å². The molecule has 2 atom stereocenters. The quantitative estimate of drug-likeness (QED) is 0.158. The lowest BCUT2D eigenvalue weighted by Gasteiger charge is -2.38. The van der Waals surface area contributed by atoms with Crippen molar-refractivity contribution < 1.29 is 9.84 Å².